The minimum atomic E-state index is -0.728. The molecule has 4 rings (SSSR count). The molecule has 6 heteroatoms. The number of aryl methyl sites for hydroxylation is 2. The summed E-state index contributed by atoms with van der Waals surface area (Å²) in [7, 11) is 1.71. The number of imide groups is 1. The monoisotopic (exact) mass is 397 g/mol. The molecule has 6 nitrogen and oxygen atoms in total. The zero-order chi connectivity index (χ0) is 20.8. The van der Waals surface area contributed by atoms with Gasteiger partial charge in [0.25, 0.3) is 5.91 Å². The number of carbonyl (C=O) groups is 3. The number of carbonyl (C=O) groups excluding carboxylic acids is 3. The van der Waals surface area contributed by atoms with Crippen molar-refractivity contribution in [2.24, 2.45) is 0 Å². The zero-order valence-corrected chi connectivity index (χ0v) is 17.7. The summed E-state index contributed by atoms with van der Waals surface area (Å²) >= 11 is 0. The molecule has 0 aromatic heterocycles. The maximum atomic E-state index is 13.2. The quantitative estimate of drug-likeness (QED) is 0.733. The van der Waals surface area contributed by atoms with E-state index >= 15 is 0 Å². The first-order chi connectivity index (χ1) is 13.8. The Morgan fingerprint density at radius 2 is 1.79 bits per heavy atom. The van der Waals surface area contributed by atoms with E-state index in [2.05, 4.69) is 32.0 Å². The topological polar surface area (TPSA) is 60.9 Å². The van der Waals surface area contributed by atoms with E-state index in [0.29, 0.717) is 19.4 Å². The molecule has 156 valence electrons. The molecule has 3 fully saturated rings. The molecule has 0 radical (unpaired) electrons. The summed E-state index contributed by atoms with van der Waals surface area (Å²) < 4.78 is 0. The predicted octanol–water partition coefficient (Wildman–Crippen LogP) is 3.56. The average Bonchev–Trinajstić information content (AvgIpc) is 3.27. The lowest BCUT2D eigenvalue weighted by atomic mass is 9.81. The molecule has 1 aliphatic carbocycles. The van der Waals surface area contributed by atoms with Crippen LogP contribution < -0.4 is 0 Å². The van der Waals surface area contributed by atoms with Gasteiger partial charge in [0.15, 0.2) is 0 Å². The molecule has 1 atom stereocenters. The standard InChI is InChI=1S/C23H31N3O3/c1-16-9-10-18(14-17(16)2)19-8-7-13-25(19)20(27)15-26-21(28)23(24(3)22(26)29)11-5-4-6-12-23/h9-10,14,19H,4-8,11-13,15H2,1-3H3. The summed E-state index contributed by atoms with van der Waals surface area (Å²) in [5, 5.41) is 0. The van der Waals surface area contributed by atoms with Gasteiger partial charge in [-0.15, -0.1) is 0 Å². The Hall–Kier alpha value is -2.37. The highest BCUT2D eigenvalue weighted by Gasteiger charge is 2.56. The molecule has 0 bridgehead atoms. The fourth-order valence-corrected chi connectivity index (χ4v) is 5.28. The fourth-order valence-electron chi connectivity index (χ4n) is 5.28. The number of urea groups is 1. The van der Waals surface area contributed by atoms with Gasteiger partial charge in [-0.1, -0.05) is 37.5 Å². The molecule has 2 heterocycles. The molecular weight excluding hydrogens is 366 g/mol. The molecule has 29 heavy (non-hydrogen) atoms. The van der Waals surface area contributed by atoms with Crippen LogP contribution in [0.15, 0.2) is 18.2 Å². The SMILES string of the molecule is Cc1ccc(C2CCCN2C(=O)CN2C(=O)N(C)C3(CCCCC3)C2=O)cc1C. The zero-order valence-electron chi connectivity index (χ0n) is 17.7. The molecule has 2 aliphatic heterocycles. The molecule has 3 aliphatic rings. The minimum absolute atomic E-state index is 0.0241. The summed E-state index contributed by atoms with van der Waals surface area (Å²) in [6.45, 7) is 4.69. The largest absolute Gasteiger partial charge is 0.334 e. The van der Waals surface area contributed by atoms with E-state index in [1.54, 1.807) is 11.9 Å². The molecule has 2 saturated heterocycles. The second-order valence-electron chi connectivity index (χ2n) is 8.91. The van der Waals surface area contributed by atoms with Crippen molar-refractivity contribution in [1.29, 1.82) is 0 Å². The smallest absolute Gasteiger partial charge is 0.327 e. The van der Waals surface area contributed by atoms with Crippen LogP contribution in [0.4, 0.5) is 4.79 Å². The predicted molar refractivity (Wildman–Crippen MR) is 110 cm³/mol. The van der Waals surface area contributed by atoms with Gasteiger partial charge in [-0.25, -0.2) is 4.79 Å². The minimum Gasteiger partial charge on any atom is -0.334 e. The van der Waals surface area contributed by atoms with E-state index in [1.807, 2.05) is 4.90 Å². The third kappa shape index (κ3) is 3.22. The molecule has 1 unspecified atom stereocenters. The summed E-state index contributed by atoms with van der Waals surface area (Å²) in [5.74, 6) is -0.311. The van der Waals surface area contributed by atoms with Crippen LogP contribution in [0.2, 0.25) is 0 Å². The molecule has 4 amide bonds. The average molecular weight is 398 g/mol. The van der Waals surface area contributed by atoms with E-state index in [9.17, 15) is 14.4 Å². The number of rotatable bonds is 3. The number of nitrogens with zero attached hydrogens (tertiary/aromatic N) is 3. The summed E-state index contributed by atoms with van der Waals surface area (Å²) in [4.78, 5) is 43.8. The highest BCUT2D eigenvalue weighted by Crippen LogP contribution is 2.40. The Morgan fingerprint density at radius 3 is 2.48 bits per heavy atom. The Kier molecular flexibility index (Phi) is 5.13. The maximum absolute atomic E-state index is 13.2. The van der Waals surface area contributed by atoms with Crippen LogP contribution in [0.3, 0.4) is 0 Å². The number of hydrogen-bond acceptors (Lipinski definition) is 3. The van der Waals surface area contributed by atoms with E-state index in [1.165, 1.54) is 16.0 Å². The van der Waals surface area contributed by atoms with Crippen LogP contribution in [-0.4, -0.2) is 58.2 Å². The van der Waals surface area contributed by atoms with Gasteiger partial charge in [0.1, 0.15) is 12.1 Å². The van der Waals surface area contributed by atoms with Crippen molar-refractivity contribution in [3.8, 4) is 0 Å². The normalized spacial score (nSPS) is 24.1. The van der Waals surface area contributed by atoms with Crippen LogP contribution in [0, 0.1) is 13.8 Å². The maximum Gasteiger partial charge on any atom is 0.327 e. The van der Waals surface area contributed by atoms with Gasteiger partial charge in [0, 0.05) is 13.6 Å². The third-order valence-corrected chi connectivity index (χ3v) is 7.27. The van der Waals surface area contributed by atoms with E-state index in [4.69, 9.17) is 0 Å². The van der Waals surface area contributed by atoms with E-state index in [0.717, 1.165) is 37.7 Å². The van der Waals surface area contributed by atoms with Crippen molar-refractivity contribution in [2.45, 2.75) is 70.4 Å². The highest BCUT2D eigenvalue weighted by molar-refractivity contribution is 6.09. The lowest BCUT2D eigenvalue weighted by Gasteiger charge is -2.35. The van der Waals surface area contributed by atoms with Gasteiger partial charge < -0.3 is 9.80 Å². The Labute approximate surface area is 172 Å². The lowest BCUT2D eigenvalue weighted by Crippen LogP contribution is -2.49. The summed E-state index contributed by atoms with van der Waals surface area (Å²) in [6, 6.07) is 6.04. The van der Waals surface area contributed by atoms with Crippen molar-refractivity contribution < 1.29 is 14.4 Å². The van der Waals surface area contributed by atoms with Gasteiger partial charge in [-0.3, -0.25) is 14.5 Å². The van der Waals surface area contributed by atoms with Crippen LogP contribution in [-0.2, 0) is 9.59 Å². The van der Waals surface area contributed by atoms with Gasteiger partial charge in [0.05, 0.1) is 6.04 Å². The van der Waals surface area contributed by atoms with Crippen molar-refractivity contribution in [3.05, 3.63) is 34.9 Å². The first kappa shape index (κ1) is 19.9. The van der Waals surface area contributed by atoms with E-state index < -0.39 is 5.54 Å². The fraction of sp³-hybridized carbons (Fsp3) is 0.609. The van der Waals surface area contributed by atoms with Crippen molar-refractivity contribution >= 4 is 17.8 Å². The van der Waals surface area contributed by atoms with Crippen LogP contribution in [0.1, 0.15) is 67.7 Å². The Balaban J connectivity index is 1.51. The Bertz CT molecular complexity index is 844. The summed E-state index contributed by atoms with van der Waals surface area (Å²) in [5.41, 5.74) is 2.86. The second-order valence-corrected chi connectivity index (χ2v) is 8.91. The molecule has 1 spiro atoms. The number of likely N-dealkylation sites (N-methyl/N-ethyl adjacent to an activating group) is 1. The first-order valence-electron chi connectivity index (χ1n) is 10.8. The number of likely N-dealkylation sites (tertiary alicyclic amines) is 1. The van der Waals surface area contributed by atoms with E-state index in [-0.39, 0.29) is 30.4 Å². The van der Waals surface area contributed by atoms with Gasteiger partial charge >= 0.3 is 6.03 Å². The number of amides is 4. The number of hydrogen-bond donors (Lipinski definition) is 0. The number of benzene rings is 1. The first-order valence-corrected chi connectivity index (χ1v) is 10.8. The molecule has 0 N–H and O–H groups in total. The molecule has 1 saturated carbocycles. The lowest BCUT2D eigenvalue weighted by molar-refractivity contribution is -0.140. The molecule has 1 aromatic carbocycles. The van der Waals surface area contributed by atoms with Crippen molar-refractivity contribution in [2.75, 3.05) is 20.1 Å². The van der Waals surface area contributed by atoms with Gasteiger partial charge in [-0.05, 0) is 56.2 Å². The molecular formula is C23H31N3O3. The summed E-state index contributed by atoms with van der Waals surface area (Å²) in [6.07, 6.45) is 6.26. The van der Waals surface area contributed by atoms with Gasteiger partial charge in [-0.2, -0.15) is 0 Å². The van der Waals surface area contributed by atoms with Crippen molar-refractivity contribution in [3.63, 3.8) is 0 Å². The third-order valence-electron chi connectivity index (χ3n) is 7.27. The van der Waals surface area contributed by atoms with Crippen molar-refractivity contribution in [1.82, 2.24) is 14.7 Å². The highest BCUT2D eigenvalue weighted by atomic mass is 16.2. The van der Waals surface area contributed by atoms with Gasteiger partial charge in [0.2, 0.25) is 5.91 Å². The Morgan fingerprint density at radius 1 is 1.07 bits per heavy atom. The second kappa shape index (κ2) is 7.47. The molecule has 1 aromatic rings. The van der Waals surface area contributed by atoms with Crippen LogP contribution in [0.25, 0.3) is 0 Å². The van der Waals surface area contributed by atoms with Crippen LogP contribution >= 0.6 is 0 Å². The van der Waals surface area contributed by atoms with Crippen LogP contribution in [0.5, 0.6) is 0 Å².